The van der Waals surface area contributed by atoms with Crippen LogP contribution in [0, 0.1) is 0 Å². The second-order valence-electron chi connectivity index (χ2n) is 9.36. The average Bonchev–Trinajstić information content (AvgIpc) is 3.64. The Morgan fingerprint density at radius 2 is 1.87 bits per heavy atom. The predicted molar refractivity (Wildman–Crippen MR) is 145 cm³/mol. The van der Waals surface area contributed by atoms with Crippen molar-refractivity contribution in [1.82, 2.24) is 19.5 Å². The lowest BCUT2D eigenvalue weighted by Gasteiger charge is -2.20. The summed E-state index contributed by atoms with van der Waals surface area (Å²) in [6.45, 7) is 4.01. The average molecular weight is 514 g/mol. The summed E-state index contributed by atoms with van der Waals surface area (Å²) in [4.78, 5) is 7.09. The van der Waals surface area contributed by atoms with Crippen molar-refractivity contribution in [1.29, 1.82) is 0 Å². The Balaban J connectivity index is 1.18. The summed E-state index contributed by atoms with van der Waals surface area (Å²) in [5, 5.41) is 7.98. The first-order chi connectivity index (χ1) is 18.8. The van der Waals surface area contributed by atoms with Crippen molar-refractivity contribution in [3.8, 4) is 11.5 Å². The van der Waals surface area contributed by atoms with Crippen molar-refractivity contribution in [2.75, 3.05) is 38.7 Å². The number of hydrogen-bond donors (Lipinski definition) is 1. The molecule has 9 nitrogen and oxygen atoms in total. The summed E-state index contributed by atoms with van der Waals surface area (Å²) in [5.41, 5.74) is 3.20. The molecule has 9 heteroatoms. The minimum Gasteiger partial charge on any atom is -0.494 e. The number of fused-ring (bicyclic) bond motifs is 1. The molecule has 38 heavy (non-hydrogen) atoms. The number of likely N-dealkylation sites (tertiary alicyclic amines) is 1. The van der Waals surface area contributed by atoms with E-state index in [0.29, 0.717) is 41.2 Å². The molecule has 0 atom stereocenters. The number of benzene rings is 1. The minimum absolute atomic E-state index is 0.454. The van der Waals surface area contributed by atoms with Crippen molar-refractivity contribution in [2.24, 2.45) is 0 Å². The van der Waals surface area contributed by atoms with E-state index < -0.39 is 0 Å². The zero-order chi connectivity index (χ0) is 25.7. The smallest absolute Gasteiger partial charge is 0.247 e. The number of hydrogen-bond acceptors (Lipinski definition) is 8. The molecule has 1 aliphatic carbocycles. The third-order valence-electron chi connectivity index (χ3n) is 6.80. The molecule has 3 aliphatic rings. The summed E-state index contributed by atoms with van der Waals surface area (Å²) in [7, 11) is 1.62. The van der Waals surface area contributed by atoms with Gasteiger partial charge >= 0.3 is 0 Å². The fraction of sp³-hybridized carbons (Fsp3) is 0.310. The van der Waals surface area contributed by atoms with Crippen LogP contribution in [-0.2, 0) is 9.47 Å². The maximum Gasteiger partial charge on any atom is 0.247 e. The highest BCUT2D eigenvalue weighted by Gasteiger charge is 2.23. The molecule has 1 aromatic carbocycles. The molecule has 0 bridgehead atoms. The summed E-state index contributed by atoms with van der Waals surface area (Å²) >= 11 is 0. The Morgan fingerprint density at radius 1 is 1.03 bits per heavy atom. The summed E-state index contributed by atoms with van der Waals surface area (Å²) in [6, 6.07) is 11.5. The molecule has 0 radical (unpaired) electrons. The molecular weight excluding hydrogens is 482 g/mol. The largest absolute Gasteiger partial charge is 0.494 e. The van der Waals surface area contributed by atoms with Gasteiger partial charge in [0, 0.05) is 12.2 Å². The quantitative estimate of drug-likeness (QED) is 0.406. The van der Waals surface area contributed by atoms with Gasteiger partial charge in [0.2, 0.25) is 5.95 Å². The fourth-order valence-corrected chi connectivity index (χ4v) is 4.81. The maximum atomic E-state index is 6.26. The van der Waals surface area contributed by atoms with Crippen molar-refractivity contribution in [3.05, 3.63) is 84.2 Å². The summed E-state index contributed by atoms with van der Waals surface area (Å²) in [6.07, 6.45) is 13.8. The van der Waals surface area contributed by atoms with Crippen molar-refractivity contribution in [3.63, 3.8) is 0 Å². The normalized spacial score (nSPS) is 17.3. The van der Waals surface area contributed by atoms with E-state index in [1.807, 2.05) is 48.6 Å². The molecule has 0 saturated carbocycles. The highest BCUT2D eigenvalue weighted by atomic mass is 16.5. The lowest BCUT2D eigenvalue weighted by Crippen LogP contribution is -2.25. The third-order valence-corrected chi connectivity index (χ3v) is 6.80. The number of nitrogens with one attached hydrogen (secondary N) is 1. The van der Waals surface area contributed by atoms with Gasteiger partial charge < -0.3 is 24.3 Å². The van der Waals surface area contributed by atoms with E-state index in [-0.39, 0.29) is 0 Å². The predicted octanol–water partition coefficient (Wildman–Crippen LogP) is 5.42. The minimum atomic E-state index is 0.454. The number of aromatic nitrogens is 3. The van der Waals surface area contributed by atoms with Crippen LogP contribution in [-0.4, -0.2) is 52.8 Å². The van der Waals surface area contributed by atoms with Crippen LogP contribution in [0.25, 0.3) is 11.4 Å². The third kappa shape index (κ3) is 5.24. The molecule has 0 amide bonds. The molecule has 1 N–H and O–H groups in total. The van der Waals surface area contributed by atoms with Crippen LogP contribution >= 0.6 is 0 Å². The van der Waals surface area contributed by atoms with Crippen molar-refractivity contribution in [2.45, 2.75) is 25.7 Å². The Bertz CT molecular complexity index is 1410. The first kappa shape index (κ1) is 24.1. The van der Waals surface area contributed by atoms with Crippen LogP contribution in [0.5, 0.6) is 11.5 Å². The first-order valence-corrected chi connectivity index (χ1v) is 13.0. The Kier molecular flexibility index (Phi) is 6.99. The van der Waals surface area contributed by atoms with Gasteiger partial charge in [-0.25, -0.2) is 4.52 Å². The first-order valence-electron chi connectivity index (χ1n) is 13.0. The van der Waals surface area contributed by atoms with E-state index in [4.69, 9.17) is 24.0 Å². The number of allylic oxidation sites excluding steroid dienone is 4. The number of methoxy groups -OCH3 is 1. The van der Waals surface area contributed by atoms with Crippen LogP contribution in [0.3, 0.4) is 0 Å². The van der Waals surface area contributed by atoms with Gasteiger partial charge in [-0.3, -0.25) is 4.90 Å². The second kappa shape index (κ2) is 11.0. The van der Waals surface area contributed by atoms with Gasteiger partial charge in [-0.2, -0.15) is 4.98 Å². The van der Waals surface area contributed by atoms with Crippen LogP contribution in [0.2, 0.25) is 0 Å². The van der Waals surface area contributed by atoms with Gasteiger partial charge in [-0.05, 0) is 80.7 Å². The van der Waals surface area contributed by atoms with E-state index in [1.54, 1.807) is 24.1 Å². The topological polar surface area (TPSA) is 82.4 Å². The Hall–Kier alpha value is -4.24. The molecule has 0 spiro atoms. The van der Waals surface area contributed by atoms with Crippen LogP contribution in [0.15, 0.2) is 78.5 Å². The number of ether oxygens (including phenoxy) is 4. The highest BCUT2D eigenvalue weighted by Crippen LogP contribution is 2.35. The van der Waals surface area contributed by atoms with Gasteiger partial charge in [0.05, 0.1) is 7.11 Å². The molecule has 196 valence electrons. The van der Waals surface area contributed by atoms with Gasteiger partial charge in [0.15, 0.2) is 22.9 Å². The zero-order valence-corrected chi connectivity index (χ0v) is 21.4. The number of anilines is 2. The molecule has 2 aromatic heterocycles. The summed E-state index contributed by atoms with van der Waals surface area (Å²) < 4.78 is 25.2. The van der Waals surface area contributed by atoms with Crippen molar-refractivity contribution >= 4 is 23.0 Å². The van der Waals surface area contributed by atoms with Crippen LogP contribution in [0.1, 0.15) is 31.4 Å². The molecule has 1 saturated heterocycles. The molecule has 6 rings (SSSR count). The number of nitrogens with zero attached hydrogens (tertiary/aromatic N) is 4. The van der Waals surface area contributed by atoms with Gasteiger partial charge in [0.1, 0.15) is 30.6 Å². The highest BCUT2D eigenvalue weighted by molar-refractivity contribution is 5.68. The van der Waals surface area contributed by atoms with E-state index in [9.17, 15) is 0 Å². The zero-order valence-electron chi connectivity index (χ0n) is 21.4. The van der Waals surface area contributed by atoms with Crippen LogP contribution in [0.4, 0.5) is 11.6 Å². The lowest BCUT2D eigenvalue weighted by atomic mass is 10.0. The van der Waals surface area contributed by atoms with Gasteiger partial charge in [0.25, 0.3) is 0 Å². The second-order valence-corrected chi connectivity index (χ2v) is 9.36. The molecule has 1 fully saturated rings. The molecule has 0 unspecified atom stereocenters. The van der Waals surface area contributed by atoms with E-state index in [0.717, 1.165) is 36.4 Å². The summed E-state index contributed by atoms with van der Waals surface area (Å²) in [5.74, 6) is 3.06. The SMILES string of the molecule is COc1ccc2nc(Nc3ccc(OCCN4CCCC4)cc3)nn2c1C1=COC=C(C2=CC=CCC2)O1. The number of rotatable bonds is 9. The Labute approximate surface area is 221 Å². The van der Waals surface area contributed by atoms with E-state index >= 15 is 0 Å². The lowest BCUT2D eigenvalue weighted by molar-refractivity contribution is 0.238. The monoisotopic (exact) mass is 513 g/mol. The molecule has 3 aromatic rings. The maximum absolute atomic E-state index is 6.26. The molecule has 4 heterocycles. The van der Waals surface area contributed by atoms with E-state index in [1.165, 1.54) is 25.9 Å². The number of pyridine rings is 1. The van der Waals surface area contributed by atoms with E-state index in [2.05, 4.69) is 21.3 Å². The van der Waals surface area contributed by atoms with Gasteiger partial charge in [-0.1, -0.05) is 18.2 Å². The van der Waals surface area contributed by atoms with Crippen LogP contribution < -0.4 is 14.8 Å². The van der Waals surface area contributed by atoms with Gasteiger partial charge in [-0.15, -0.1) is 5.10 Å². The molecule has 2 aliphatic heterocycles. The van der Waals surface area contributed by atoms with Crippen molar-refractivity contribution < 1.29 is 18.9 Å². The Morgan fingerprint density at radius 3 is 2.66 bits per heavy atom. The standard InChI is InChI=1S/C29H31N5O4/c1-35-24-13-14-27-31-29(30-22-9-11-23(12-10-22)37-18-17-33-15-5-6-16-33)32-34(27)28(24)26-20-36-19-25(38-26)21-7-3-2-4-8-21/h2-3,7,9-14,19-20H,4-6,8,15-18H2,1H3,(H,30,32). The molecular formula is C29H31N5O4. The fourth-order valence-electron chi connectivity index (χ4n) is 4.81.